The normalized spacial score (nSPS) is 31.9. The van der Waals surface area contributed by atoms with Crippen LogP contribution in [0.25, 0.3) is 11.2 Å². The monoisotopic (exact) mass is 652 g/mol. The van der Waals surface area contributed by atoms with E-state index in [0.29, 0.717) is 0 Å². The SMILES string of the molecule is CC(C)OC(=O)CCNC(=O)[C@@H]1OP(=O)(OC[C@H]2O[C@@H](n3cnc4c(N)ncnc43)[C@@](F)(Br)C2O)OCC1(C)C. The second-order valence-electron chi connectivity index (χ2n) is 10.3. The number of nitrogens with zero attached hydrogens (tertiary/aromatic N) is 4. The number of aromatic nitrogens is 4. The summed E-state index contributed by atoms with van der Waals surface area (Å²) in [6.07, 6.45) is -3.84. The zero-order chi connectivity index (χ0) is 29.5. The number of phosphoric ester groups is 1. The van der Waals surface area contributed by atoms with Crippen LogP contribution in [0.3, 0.4) is 0 Å². The van der Waals surface area contributed by atoms with Gasteiger partial charge >= 0.3 is 13.8 Å². The van der Waals surface area contributed by atoms with Gasteiger partial charge in [0.15, 0.2) is 23.8 Å². The van der Waals surface area contributed by atoms with Crippen LogP contribution < -0.4 is 11.1 Å². The molecule has 6 atom stereocenters. The molecule has 0 aliphatic carbocycles. The van der Waals surface area contributed by atoms with Gasteiger partial charge in [-0.2, -0.15) is 0 Å². The Morgan fingerprint density at radius 3 is 2.80 bits per heavy atom. The van der Waals surface area contributed by atoms with Crippen molar-refractivity contribution < 1.29 is 46.7 Å². The number of anilines is 1. The number of phosphoric acid groups is 1. The molecule has 2 unspecified atom stereocenters. The number of fused-ring (bicyclic) bond motifs is 1. The van der Waals surface area contributed by atoms with Crippen LogP contribution in [0.15, 0.2) is 12.7 Å². The molecule has 40 heavy (non-hydrogen) atoms. The van der Waals surface area contributed by atoms with E-state index in [2.05, 4.69) is 36.2 Å². The number of ether oxygens (including phenoxy) is 2. The number of amides is 1. The number of nitrogens with two attached hydrogens (primary N) is 1. The van der Waals surface area contributed by atoms with Gasteiger partial charge in [-0.25, -0.2) is 23.9 Å². The van der Waals surface area contributed by atoms with Crippen LogP contribution in [-0.4, -0.2) is 85.3 Å². The highest BCUT2D eigenvalue weighted by atomic mass is 79.9. The largest absolute Gasteiger partial charge is 0.475 e. The van der Waals surface area contributed by atoms with E-state index in [-0.39, 0.29) is 42.7 Å². The standard InChI is InChI=1S/C22H31BrFN6O9P/c1-11(2)37-13(31)5-6-26-19(33)16-21(3,4)8-36-40(34,39-16)35-7-12-15(32)22(23,24)20(38-12)30-10-29-14-17(25)27-9-28-18(14)30/h9-12,15-16,20,32H,5-8H2,1-4H3,(H,26,33)(H2,25,27,28)/t12-,15?,16+,20-,22-,40?/m1/s1. The number of aliphatic hydroxyl groups excluding tert-OH is 1. The number of carbonyl (C=O) groups is 2. The molecule has 222 valence electrons. The number of carbonyl (C=O) groups excluding carboxylic acids is 2. The molecule has 0 spiro atoms. The summed E-state index contributed by atoms with van der Waals surface area (Å²) in [6, 6.07) is 0. The van der Waals surface area contributed by atoms with E-state index in [0.717, 1.165) is 0 Å². The van der Waals surface area contributed by atoms with Crippen molar-refractivity contribution in [2.45, 2.75) is 69.3 Å². The minimum absolute atomic E-state index is 0.0286. The van der Waals surface area contributed by atoms with E-state index in [9.17, 15) is 19.3 Å². The zero-order valence-corrected chi connectivity index (χ0v) is 24.6. The average molecular weight is 653 g/mol. The third kappa shape index (κ3) is 6.30. The van der Waals surface area contributed by atoms with Gasteiger partial charge in [-0.15, -0.1) is 0 Å². The third-order valence-electron chi connectivity index (χ3n) is 6.19. The summed E-state index contributed by atoms with van der Waals surface area (Å²) >= 11 is 2.87. The number of alkyl halides is 2. The predicted octanol–water partition coefficient (Wildman–Crippen LogP) is 1.75. The average Bonchev–Trinajstić information content (AvgIpc) is 3.38. The number of nitrogen functional groups attached to an aromatic ring is 1. The van der Waals surface area contributed by atoms with Gasteiger partial charge in [-0.1, -0.05) is 13.8 Å². The van der Waals surface area contributed by atoms with E-state index in [1.165, 1.54) is 17.2 Å². The predicted molar refractivity (Wildman–Crippen MR) is 139 cm³/mol. The highest BCUT2D eigenvalue weighted by Gasteiger charge is 2.58. The quantitative estimate of drug-likeness (QED) is 0.201. The van der Waals surface area contributed by atoms with Gasteiger partial charge in [0.05, 0.1) is 32.1 Å². The molecule has 4 N–H and O–H groups in total. The molecule has 0 radical (unpaired) electrons. The molecule has 0 saturated carbocycles. The minimum atomic E-state index is -4.36. The second kappa shape index (κ2) is 11.5. The molecule has 2 aromatic rings. The highest BCUT2D eigenvalue weighted by molar-refractivity contribution is 9.10. The van der Waals surface area contributed by atoms with Gasteiger partial charge in [-0.05, 0) is 29.8 Å². The third-order valence-corrected chi connectivity index (χ3v) is 8.43. The van der Waals surface area contributed by atoms with Crippen LogP contribution in [0.2, 0.25) is 0 Å². The topological polar surface area (TPSA) is 199 Å². The Labute approximate surface area is 237 Å². The zero-order valence-electron chi connectivity index (χ0n) is 22.2. The first-order valence-corrected chi connectivity index (χ1v) is 14.6. The van der Waals surface area contributed by atoms with Gasteiger partial charge in [0.2, 0.25) is 10.5 Å². The number of aliphatic hydroxyl groups is 1. The van der Waals surface area contributed by atoms with Crippen molar-refractivity contribution in [2.24, 2.45) is 5.41 Å². The van der Waals surface area contributed by atoms with Crippen LogP contribution >= 0.6 is 23.8 Å². The molecule has 2 fully saturated rings. The number of imidazole rings is 1. The fourth-order valence-corrected chi connectivity index (χ4v) is 6.39. The number of halogens is 2. The lowest BCUT2D eigenvalue weighted by Gasteiger charge is -2.39. The Morgan fingerprint density at radius 2 is 2.10 bits per heavy atom. The fraction of sp³-hybridized carbons (Fsp3) is 0.682. The molecule has 0 bridgehead atoms. The summed E-state index contributed by atoms with van der Waals surface area (Å²) in [7, 11) is -4.36. The van der Waals surface area contributed by atoms with Gasteiger partial charge in [0.25, 0.3) is 0 Å². The molecule has 18 heteroatoms. The summed E-state index contributed by atoms with van der Waals surface area (Å²) < 4.78 is 54.5. The van der Waals surface area contributed by atoms with Crippen molar-refractivity contribution in [1.29, 1.82) is 0 Å². The van der Waals surface area contributed by atoms with Crippen molar-refractivity contribution in [1.82, 2.24) is 24.8 Å². The maximum atomic E-state index is 15.6. The molecule has 0 aromatic carbocycles. The Kier molecular flexibility index (Phi) is 8.86. The first-order chi connectivity index (χ1) is 18.6. The minimum Gasteiger partial charge on any atom is -0.463 e. The van der Waals surface area contributed by atoms with Gasteiger partial charge in [0, 0.05) is 12.0 Å². The van der Waals surface area contributed by atoms with E-state index in [4.69, 9.17) is 28.8 Å². The van der Waals surface area contributed by atoms with E-state index in [1.807, 2.05) is 0 Å². The first kappa shape index (κ1) is 30.7. The molecule has 2 aliphatic rings. The number of rotatable bonds is 9. The van der Waals surface area contributed by atoms with Crippen LogP contribution in [0.1, 0.15) is 40.3 Å². The fourth-order valence-electron chi connectivity index (χ4n) is 4.11. The molecular weight excluding hydrogens is 622 g/mol. The number of nitrogens with one attached hydrogen (secondary N) is 1. The van der Waals surface area contributed by atoms with Crippen LogP contribution in [0.4, 0.5) is 10.2 Å². The molecule has 1 amide bonds. The lowest BCUT2D eigenvalue weighted by molar-refractivity contribution is -0.147. The molecule has 2 aliphatic heterocycles. The molecule has 4 rings (SSSR count). The summed E-state index contributed by atoms with van der Waals surface area (Å²) in [6.45, 7) is 5.91. The van der Waals surface area contributed by atoms with E-state index < -0.39 is 60.8 Å². The van der Waals surface area contributed by atoms with Gasteiger partial charge < -0.3 is 25.6 Å². The van der Waals surface area contributed by atoms with Crippen molar-refractivity contribution in [3.05, 3.63) is 12.7 Å². The number of esters is 1. The Hall–Kier alpha value is -2.27. The molecule has 4 heterocycles. The molecule has 2 aromatic heterocycles. The summed E-state index contributed by atoms with van der Waals surface area (Å²) in [5.41, 5.74) is 5.25. The van der Waals surface area contributed by atoms with Crippen molar-refractivity contribution in [3.8, 4) is 0 Å². The Bertz CT molecular complexity index is 1310. The van der Waals surface area contributed by atoms with Gasteiger partial charge in [0.1, 0.15) is 24.1 Å². The molecular formula is C22H31BrFN6O9P. The van der Waals surface area contributed by atoms with Crippen molar-refractivity contribution in [3.63, 3.8) is 0 Å². The lowest BCUT2D eigenvalue weighted by Crippen LogP contribution is -2.50. The van der Waals surface area contributed by atoms with Crippen LogP contribution in [0.5, 0.6) is 0 Å². The molecule has 15 nitrogen and oxygen atoms in total. The van der Waals surface area contributed by atoms with Crippen LogP contribution in [-0.2, 0) is 37.2 Å². The van der Waals surface area contributed by atoms with Crippen molar-refractivity contribution >= 4 is 52.6 Å². The number of hydrogen-bond donors (Lipinski definition) is 3. The van der Waals surface area contributed by atoms with E-state index >= 15 is 4.39 Å². The Morgan fingerprint density at radius 1 is 1.38 bits per heavy atom. The van der Waals surface area contributed by atoms with E-state index in [1.54, 1.807) is 27.7 Å². The van der Waals surface area contributed by atoms with Crippen LogP contribution in [0, 0.1) is 5.41 Å². The van der Waals surface area contributed by atoms with Gasteiger partial charge in [-0.3, -0.25) is 27.7 Å². The van der Waals surface area contributed by atoms with Crippen molar-refractivity contribution in [2.75, 3.05) is 25.5 Å². The lowest BCUT2D eigenvalue weighted by atomic mass is 9.87. The second-order valence-corrected chi connectivity index (χ2v) is 13.1. The summed E-state index contributed by atoms with van der Waals surface area (Å²) in [5, 5.41) is 13.2. The maximum Gasteiger partial charge on any atom is 0.475 e. The highest BCUT2D eigenvalue weighted by Crippen LogP contribution is 2.58. The first-order valence-electron chi connectivity index (χ1n) is 12.3. The molecule has 2 saturated heterocycles. The number of hydrogen-bond acceptors (Lipinski definition) is 13. The Balaban J connectivity index is 1.40. The smallest absolute Gasteiger partial charge is 0.463 e. The summed E-state index contributed by atoms with van der Waals surface area (Å²) in [5.74, 6) is -1.05. The maximum absolute atomic E-state index is 15.6. The summed E-state index contributed by atoms with van der Waals surface area (Å²) in [4.78, 5) is 36.5.